The largest absolute Gasteiger partial charge is 0.497 e. The molecular weight excluding hydrogens is 284 g/mol. The zero-order valence-corrected chi connectivity index (χ0v) is 11.8. The van der Waals surface area contributed by atoms with Crippen LogP contribution in [0.1, 0.15) is 0 Å². The second-order valence-corrected chi connectivity index (χ2v) is 3.44. The third-order valence-electron chi connectivity index (χ3n) is 2.09. The summed E-state index contributed by atoms with van der Waals surface area (Å²) in [7, 11) is 1.63. The van der Waals surface area contributed by atoms with E-state index in [9.17, 15) is 0 Å². The molecule has 0 heterocycles. The molecule has 7 nitrogen and oxygen atoms in total. The van der Waals surface area contributed by atoms with Gasteiger partial charge in [0.1, 0.15) is 5.75 Å². The van der Waals surface area contributed by atoms with Crippen LogP contribution in [0, 0.1) is 10.8 Å². The molecule has 0 amide bonds. The molecule has 0 bridgehead atoms. The summed E-state index contributed by atoms with van der Waals surface area (Å²) < 4.78 is 5.11. The van der Waals surface area contributed by atoms with Crippen LogP contribution in [-0.4, -0.2) is 19.3 Å². The van der Waals surface area contributed by atoms with Gasteiger partial charge in [-0.1, -0.05) is 24.3 Å². The molecule has 0 spiro atoms. The quantitative estimate of drug-likeness (QED) is 0.508. The molecule has 0 unspecified atom stereocenters. The van der Waals surface area contributed by atoms with E-state index in [1.165, 1.54) is 0 Å². The van der Waals surface area contributed by atoms with Crippen LogP contribution in [-0.2, 0) is 9.59 Å². The second kappa shape index (κ2) is 12.6. The van der Waals surface area contributed by atoms with Crippen molar-refractivity contribution in [3.63, 3.8) is 0 Å². The second-order valence-electron chi connectivity index (χ2n) is 3.44. The summed E-state index contributed by atoms with van der Waals surface area (Å²) in [5, 5.41) is 19.1. The molecule has 0 aliphatic heterocycles. The Labute approximate surface area is 127 Å². The Morgan fingerprint density at radius 3 is 1.91 bits per heavy atom. The summed E-state index contributed by atoms with van der Waals surface area (Å²) in [5.41, 5.74) is 1.62. The highest BCUT2D eigenvalue weighted by atomic mass is 16.5. The van der Waals surface area contributed by atoms with E-state index in [0.717, 1.165) is 29.3 Å². The van der Waals surface area contributed by atoms with Crippen LogP contribution in [0.3, 0.4) is 0 Å². The Bertz CT molecular complexity index is 633. The van der Waals surface area contributed by atoms with E-state index in [2.05, 4.69) is 10.2 Å². The zero-order chi connectivity index (χ0) is 16.6. The van der Waals surface area contributed by atoms with Crippen LogP contribution in [0.4, 0.5) is 11.4 Å². The van der Waals surface area contributed by atoms with E-state index in [0.29, 0.717) is 0 Å². The molecule has 0 aliphatic rings. The van der Waals surface area contributed by atoms with Crippen molar-refractivity contribution < 1.29 is 14.3 Å². The van der Waals surface area contributed by atoms with Gasteiger partial charge in [-0.3, -0.25) is 0 Å². The van der Waals surface area contributed by atoms with Gasteiger partial charge in [0.15, 0.2) is 0 Å². The van der Waals surface area contributed by atoms with E-state index < -0.39 is 0 Å². The minimum absolute atomic E-state index is 0.750. The smallest absolute Gasteiger partial charge is 0.231 e. The Morgan fingerprint density at radius 2 is 1.36 bits per heavy atom. The number of rotatable bonds is 3. The summed E-state index contributed by atoms with van der Waals surface area (Å²) in [6.07, 6.45) is 1.50. The molecule has 2 N–H and O–H groups in total. The molecule has 7 heteroatoms. The first-order valence-corrected chi connectivity index (χ1v) is 5.90. The fourth-order valence-corrected chi connectivity index (χ4v) is 1.28. The van der Waals surface area contributed by atoms with Gasteiger partial charge in [0.05, 0.1) is 18.5 Å². The van der Waals surface area contributed by atoms with Crippen molar-refractivity contribution in [1.82, 2.24) is 0 Å². The lowest BCUT2D eigenvalue weighted by molar-refractivity contribution is 0.415. The SMILES string of the molecule is COc1cccc(N=Nc2ccccc2)c1.N=C=O.N=C=O. The third kappa shape index (κ3) is 8.66. The fourth-order valence-electron chi connectivity index (χ4n) is 1.28. The molecule has 0 atom stereocenters. The molecule has 2 aromatic rings. The highest BCUT2D eigenvalue weighted by Crippen LogP contribution is 2.21. The minimum Gasteiger partial charge on any atom is -0.497 e. The number of azo groups is 1. The Balaban J connectivity index is 0.000000639. The number of carbonyl (C=O) groups excluding carboxylic acids is 2. The standard InChI is InChI=1S/C13H12N2O.2CHNO/c1-16-13-9-5-8-12(10-13)15-14-11-6-3-2-4-7-11;2*2-1-3/h2-10H,1H3;2*2H. The predicted molar refractivity (Wildman–Crippen MR) is 80.4 cm³/mol. The maximum Gasteiger partial charge on any atom is 0.231 e. The fraction of sp³-hybridized carbons (Fsp3) is 0.0667. The molecule has 0 saturated heterocycles. The highest BCUT2D eigenvalue weighted by molar-refractivity contribution is 5.44. The number of nitrogens with zero attached hydrogens (tertiary/aromatic N) is 2. The Hall–Kier alpha value is -3.40. The lowest BCUT2D eigenvalue weighted by Gasteiger charge is -1.98. The number of hydrogen-bond acceptors (Lipinski definition) is 7. The predicted octanol–water partition coefficient (Wildman–Crippen LogP) is 3.91. The minimum atomic E-state index is 0.750. The van der Waals surface area contributed by atoms with Crippen LogP contribution < -0.4 is 4.74 Å². The first-order valence-electron chi connectivity index (χ1n) is 5.90. The molecule has 2 rings (SSSR count). The molecule has 112 valence electrons. The van der Waals surface area contributed by atoms with E-state index in [1.54, 1.807) is 7.11 Å². The molecule has 0 aliphatic carbocycles. The van der Waals surface area contributed by atoms with Crippen molar-refractivity contribution in [2.45, 2.75) is 0 Å². The van der Waals surface area contributed by atoms with Crippen LogP contribution in [0.2, 0.25) is 0 Å². The van der Waals surface area contributed by atoms with Gasteiger partial charge in [-0.25, -0.2) is 20.4 Å². The monoisotopic (exact) mass is 298 g/mol. The van der Waals surface area contributed by atoms with Crippen molar-refractivity contribution in [2.24, 2.45) is 10.2 Å². The van der Waals surface area contributed by atoms with Crippen molar-refractivity contribution in [2.75, 3.05) is 7.11 Å². The van der Waals surface area contributed by atoms with Gasteiger partial charge < -0.3 is 4.74 Å². The summed E-state index contributed by atoms with van der Waals surface area (Å²) in [5.74, 6) is 0.782. The zero-order valence-electron chi connectivity index (χ0n) is 11.8. The van der Waals surface area contributed by atoms with Gasteiger partial charge in [-0.05, 0) is 24.3 Å². The Kier molecular flexibility index (Phi) is 10.7. The maximum absolute atomic E-state index is 8.35. The third-order valence-corrected chi connectivity index (χ3v) is 2.09. The summed E-state index contributed by atoms with van der Waals surface area (Å²) in [4.78, 5) is 16.7. The van der Waals surface area contributed by atoms with E-state index in [-0.39, 0.29) is 0 Å². The lowest BCUT2D eigenvalue weighted by Crippen LogP contribution is -1.79. The van der Waals surface area contributed by atoms with Crippen molar-refractivity contribution >= 4 is 23.5 Å². The molecular formula is C15H14N4O3. The molecule has 0 saturated carbocycles. The molecule has 22 heavy (non-hydrogen) atoms. The summed E-state index contributed by atoms with van der Waals surface area (Å²) >= 11 is 0. The van der Waals surface area contributed by atoms with Gasteiger partial charge in [-0.2, -0.15) is 10.2 Å². The van der Waals surface area contributed by atoms with Crippen LogP contribution in [0.25, 0.3) is 0 Å². The van der Waals surface area contributed by atoms with Gasteiger partial charge in [0, 0.05) is 6.07 Å². The van der Waals surface area contributed by atoms with E-state index >= 15 is 0 Å². The number of isocyanates is 2. The highest BCUT2D eigenvalue weighted by Gasteiger charge is 1.93. The molecule has 0 radical (unpaired) electrons. The van der Waals surface area contributed by atoms with Crippen LogP contribution >= 0.6 is 0 Å². The van der Waals surface area contributed by atoms with Crippen molar-refractivity contribution in [3.05, 3.63) is 54.6 Å². The van der Waals surface area contributed by atoms with Crippen molar-refractivity contribution in [3.8, 4) is 5.75 Å². The van der Waals surface area contributed by atoms with E-state index in [1.807, 2.05) is 54.6 Å². The first-order chi connectivity index (χ1) is 10.7. The molecule has 0 aromatic heterocycles. The van der Waals surface area contributed by atoms with Gasteiger partial charge in [-0.15, -0.1) is 0 Å². The van der Waals surface area contributed by atoms with Gasteiger partial charge in [0.25, 0.3) is 0 Å². The van der Waals surface area contributed by atoms with Crippen molar-refractivity contribution in [1.29, 1.82) is 10.8 Å². The average molecular weight is 298 g/mol. The number of benzene rings is 2. The molecule has 0 fully saturated rings. The number of ether oxygens (including phenoxy) is 1. The Morgan fingerprint density at radius 1 is 0.864 bits per heavy atom. The number of hydrogen-bond donors (Lipinski definition) is 2. The maximum atomic E-state index is 8.35. The normalized spacial score (nSPS) is 8.41. The number of methoxy groups -OCH3 is 1. The van der Waals surface area contributed by atoms with Gasteiger partial charge in [0.2, 0.25) is 12.2 Å². The average Bonchev–Trinajstić information content (AvgIpc) is 2.56. The first kappa shape index (κ1) is 18.6. The number of nitrogens with one attached hydrogen (secondary N) is 2. The summed E-state index contributed by atoms with van der Waals surface area (Å²) in [6, 6.07) is 17.1. The van der Waals surface area contributed by atoms with E-state index in [4.69, 9.17) is 25.1 Å². The lowest BCUT2D eigenvalue weighted by atomic mass is 10.3. The van der Waals surface area contributed by atoms with Crippen LogP contribution in [0.5, 0.6) is 5.75 Å². The van der Waals surface area contributed by atoms with Crippen LogP contribution in [0.15, 0.2) is 64.8 Å². The summed E-state index contributed by atoms with van der Waals surface area (Å²) in [6.45, 7) is 0. The van der Waals surface area contributed by atoms with Gasteiger partial charge >= 0.3 is 0 Å². The topological polar surface area (TPSA) is 116 Å². The molecule has 2 aromatic carbocycles.